The molecule has 0 aliphatic heterocycles. The molecule has 9 atom stereocenters. The monoisotopic (exact) mass is 456 g/mol. The third-order valence-electron chi connectivity index (χ3n) is 13.4. The van der Waals surface area contributed by atoms with Crippen molar-refractivity contribution in [1.82, 2.24) is 0 Å². The Labute approximate surface area is 201 Å². The Bertz CT molecular complexity index is 845. The zero-order valence-electron chi connectivity index (χ0n) is 21.9. The molecule has 5 fully saturated rings. The zero-order valence-corrected chi connectivity index (χ0v) is 21.9. The molecule has 0 spiro atoms. The molecule has 5 rings (SSSR count). The standard InChI is InChI=1S/C30H48O3/c1-19(17-31)20-9-14-30(18-32)16-15-28(5)21(25(20)30)7-8-23-27(4)12-11-24(33)26(2,3)22(27)10-13-29(23,28)6/h20-23,25,31-32H,1,7-18H2,2-6H3/t20-,21-,22-,23+,25+,27-,28+,29+,30+/m0/s1. The van der Waals surface area contributed by atoms with Gasteiger partial charge in [-0.05, 0) is 115 Å². The van der Waals surface area contributed by atoms with Crippen LogP contribution in [0.1, 0.15) is 98.8 Å². The molecule has 3 nitrogen and oxygen atoms in total. The average molecular weight is 457 g/mol. The number of fused-ring (bicyclic) bond motifs is 7. The highest BCUT2D eigenvalue weighted by molar-refractivity contribution is 5.85. The van der Waals surface area contributed by atoms with Gasteiger partial charge in [-0.3, -0.25) is 4.79 Å². The molecule has 0 aromatic heterocycles. The van der Waals surface area contributed by atoms with Gasteiger partial charge in [-0.1, -0.05) is 41.2 Å². The third-order valence-corrected chi connectivity index (χ3v) is 13.4. The predicted molar refractivity (Wildman–Crippen MR) is 132 cm³/mol. The minimum Gasteiger partial charge on any atom is -0.396 e. The first kappa shape index (κ1) is 24.0. The van der Waals surface area contributed by atoms with Crippen molar-refractivity contribution in [2.24, 2.45) is 56.7 Å². The van der Waals surface area contributed by atoms with Crippen LogP contribution in [0.25, 0.3) is 0 Å². The van der Waals surface area contributed by atoms with E-state index >= 15 is 0 Å². The summed E-state index contributed by atoms with van der Waals surface area (Å²) in [6, 6.07) is 0. The van der Waals surface area contributed by atoms with E-state index in [1.54, 1.807) is 0 Å². The lowest BCUT2D eigenvalue weighted by atomic mass is 9.32. The van der Waals surface area contributed by atoms with E-state index in [2.05, 4.69) is 41.2 Å². The summed E-state index contributed by atoms with van der Waals surface area (Å²) in [4.78, 5) is 12.9. The maximum atomic E-state index is 12.9. The lowest BCUT2D eigenvalue weighted by molar-refractivity contribution is -0.236. The van der Waals surface area contributed by atoms with E-state index in [9.17, 15) is 15.0 Å². The molecule has 3 heteroatoms. The van der Waals surface area contributed by atoms with E-state index in [0.29, 0.717) is 35.4 Å². The van der Waals surface area contributed by atoms with Crippen LogP contribution in [-0.2, 0) is 4.79 Å². The highest BCUT2D eigenvalue weighted by Gasteiger charge is 2.70. The second-order valence-electron chi connectivity index (χ2n) is 14.3. The predicted octanol–water partition coefficient (Wildman–Crippen LogP) is 6.18. The fourth-order valence-corrected chi connectivity index (χ4v) is 11.4. The van der Waals surface area contributed by atoms with Crippen molar-refractivity contribution in [3.05, 3.63) is 12.2 Å². The molecular weight excluding hydrogens is 408 g/mol. The van der Waals surface area contributed by atoms with Crippen molar-refractivity contribution in [1.29, 1.82) is 0 Å². The van der Waals surface area contributed by atoms with Crippen molar-refractivity contribution < 1.29 is 15.0 Å². The molecule has 0 bridgehead atoms. The Hall–Kier alpha value is -0.670. The minimum atomic E-state index is -0.194. The van der Waals surface area contributed by atoms with Crippen molar-refractivity contribution >= 4 is 5.78 Å². The van der Waals surface area contributed by atoms with Gasteiger partial charge in [0.05, 0.1) is 6.61 Å². The van der Waals surface area contributed by atoms with Gasteiger partial charge >= 0.3 is 0 Å². The van der Waals surface area contributed by atoms with Crippen LogP contribution in [-0.4, -0.2) is 29.2 Å². The van der Waals surface area contributed by atoms with E-state index < -0.39 is 0 Å². The number of carbonyl (C=O) groups is 1. The van der Waals surface area contributed by atoms with Crippen molar-refractivity contribution in [2.45, 2.75) is 98.8 Å². The Morgan fingerprint density at radius 1 is 0.879 bits per heavy atom. The zero-order chi connectivity index (χ0) is 24.0. The summed E-state index contributed by atoms with van der Waals surface area (Å²) in [7, 11) is 0. The lowest BCUT2D eigenvalue weighted by Gasteiger charge is -2.72. The molecule has 0 amide bonds. The quantitative estimate of drug-likeness (QED) is 0.499. The molecule has 0 aromatic carbocycles. The molecule has 0 aromatic rings. The van der Waals surface area contributed by atoms with Crippen LogP contribution in [0.3, 0.4) is 0 Å². The molecule has 0 unspecified atom stereocenters. The van der Waals surface area contributed by atoms with Gasteiger partial charge in [0.15, 0.2) is 0 Å². The highest BCUT2D eigenvalue weighted by Crippen LogP contribution is 2.77. The number of hydrogen-bond acceptors (Lipinski definition) is 3. The Balaban J connectivity index is 1.55. The van der Waals surface area contributed by atoms with Gasteiger partial charge in [-0.15, -0.1) is 0 Å². The van der Waals surface area contributed by atoms with Crippen LogP contribution in [0.2, 0.25) is 0 Å². The van der Waals surface area contributed by atoms with Gasteiger partial charge in [-0.25, -0.2) is 0 Å². The van der Waals surface area contributed by atoms with E-state index in [1.807, 2.05) is 0 Å². The fraction of sp³-hybridized carbons (Fsp3) is 0.900. The van der Waals surface area contributed by atoms with E-state index in [1.165, 1.54) is 32.1 Å². The van der Waals surface area contributed by atoms with Gasteiger partial charge in [0, 0.05) is 18.4 Å². The van der Waals surface area contributed by atoms with Crippen LogP contribution < -0.4 is 0 Å². The van der Waals surface area contributed by atoms with E-state index in [-0.39, 0.29) is 40.3 Å². The normalized spacial score (nSPS) is 52.9. The summed E-state index contributed by atoms with van der Waals surface area (Å²) in [6.45, 7) is 16.9. The maximum absolute atomic E-state index is 12.9. The van der Waals surface area contributed by atoms with Gasteiger partial charge < -0.3 is 10.2 Å². The first-order chi connectivity index (χ1) is 15.4. The van der Waals surface area contributed by atoms with E-state index in [0.717, 1.165) is 37.7 Å². The van der Waals surface area contributed by atoms with Crippen LogP contribution in [0.5, 0.6) is 0 Å². The molecule has 2 N–H and O–H groups in total. The molecule has 33 heavy (non-hydrogen) atoms. The topological polar surface area (TPSA) is 57.5 Å². The van der Waals surface area contributed by atoms with Crippen LogP contribution in [0.4, 0.5) is 0 Å². The second kappa shape index (κ2) is 7.42. The number of ketones is 1. The van der Waals surface area contributed by atoms with Crippen LogP contribution in [0.15, 0.2) is 12.2 Å². The third kappa shape index (κ3) is 2.85. The number of Topliss-reactive ketones (excluding diaryl/α,β-unsaturated/α-hetero) is 1. The minimum absolute atomic E-state index is 0.0243. The van der Waals surface area contributed by atoms with Gasteiger partial charge in [-0.2, -0.15) is 0 Å². The van der Waals surface area contributed by atoms with Gasteiger partial charge in [0.2, 0.25) is 0 Å². The second-order valence-corrected chi connectivity index (χ2v) is 14.3. The Morgan fingerprint density at radius 2 is 1.61 bits per heavy atom. The number of aliphatic hydroxyl groups is 2. The Kier molecular flexibility index (Phi) is 5.40. The Morgan fingerprint density at radius 3 is 2.27 bits per heavy atom. The maximum Gasteiger partial charge on any atom is 0.138 e. The van der Waals surface area contributed by atoms with Crippen LogP contribution in [0, 0.1) is 56.7 Å². The first-order valence-corrected chi connectivity index (χ1v) is 13.8. The molecule has 186 valence electrons. The fourth-order valence-electron chi connectivity index (χ4n) is 11.4. The number of hydrogen-bond donors (Lipinski definition) is 2. The van der Waals surface area contributed by atoms with E-state index in [4.69, 9.17) is 0 Å². The summed E-state index contributed by atoms with van der Waals surface area (Å²) in [5, 5.41) is 20.6. The molecular formula is C30H48O3. The number of rotatable bonds is 3. The van der Waals surface area contributed by atoms with Crippen molar-refractivity contribution in [2.75, 3.05) is 13.2 Å². The average Bonchev–Trinajstić information content (AvgIpc) is 3.17. The van der Waals surface area contributed by atoms with Crippen molar-refractivity contribution in [3.8, 4) is 0 Å². The summed E-state index contributed by atoms with van der Waals surface area (Å²) in [5.41, 5.74) is 1.59. The summed E-state index contributed by atoms with van der Waals surface area (Å²) < 4.78 is 0. The summed E-state index contributed by atoms with van der Waals surface area (Å²) >= 11 is 0. The van der Waals surface area contributed by atoms with Crippen LogP contribution >= 0.6 is 0 Å². The molecule has 0 saturated heterocycles. The van der Waals surface area contributed by atoms with Gasteiger partial charge in [0.1, 0.15) is 5.78 Å². The molecule has 0 heterocycles. The molecule has 0 radical (unpaired) electrons. The smallest absolute Gasteiger partial charge is 0.138 e. The molecule has 5 aliphatic rings. The van der Waals surface area contributed by atoms with Crippen molar-refractivity contribution in [3.63, 3.8) is 0 Å². The largest absolute Gasteiger partial charge is 0.396 e. The summed E-state index contributed by atoms with van der Waals surface area (Å²) in [5.74, 6) is 3.04. The molecule has 5 aliphatic carbocycles. The first-order valence-electron chi connectivity index (χ1n) is 13.8. The molecule has 5 saturated carbocycles. The number of carbonyl (C=O) groups excluding carboxylic acids is 1. The number of aliphatic hydroxyl groups excluding tert-OH is 2. The lowest BCUT2D eigenvalue weighted by Crippen LogP contribution is -2.66. The highest BCUT2D eigenvalue weighted by atomic mass is 16.3. The SMILES string of the molecule is C=C(CO)[C@@H]1CC[C@]2(CO)CC[C@]3(C)[C@@H](CC[C@@H]4[C@@]5(C)CCC(=O)C(C)(C)[C@@H]5CC[C@]43C)[C@@H]12. The summed E-state index contributed by atoms with van der Waals surface area (Å²) in [6.07, 6.45) is 11.2. The van der Waals surface area contributed by atoms with Gasteiger partial charge in [0.25, 0.3) is 0 Å².